The van der Waals surface area contributed by atoms with Crippen molar-refractivity contribution in [2.45, 2.75) is 37.9 Å². The minimum absolute atomic E-state index is 0.0500. The summed E-state index contributed by atoms with van der Waals surface area (Å²) in [5.41, 5.74) is 0.135. The van der Waals surface area contributed by atoms with Gasteiger partial charge in [-0.05, 0) is 36.6 Å². The lowest BCUT2D eigenvalue weighted by molar-refractivity contribution is 0.0211. The van der Waals surface area contributed by atoms with Crippen LogP contribution >= 0.6 is 0 Å². The van der Waals surface area contributed by atoms with Gasteiger partial charge in [0, 0.05) is 19.6 Å². The Hall–Kier alpha value is -1.49. The van der Waals surface area contributed by atoms with E-state index in [2.05, 4.69) is 5.18 Å². The molecule has 0 radical (unpaired) electrons. The molecule has 2 atom stereocenters. The first-order valence-electron chi connectivity index (χ1n) is 6.05. The molecule has 2 rings (SSSR count). The van der Waals surface area contributed by atoms with Crippen LogP contribution in [0.5, 0.6) is 5.75 Å². The third-order valence-electron chi connectivity index (χ3n) is 3.23. The maximum Gasteiger partial charge on any atom is 0.151 e. The SMILES string of the molecule is CO[C@@H]1CCC[C@@H](Oc2cc(F)ccc2N=O)C1. The van der Waals surface area contributed by atoms with Gasteiger partial charge < -0.3 is 9.47 Å². The molecular weight excluding hydrogens is 237 g/mol. The lowest BCUT2D eigenvalue weighted by atomic mass is 9.95. The Morgan fingerprint density at radius 3 is 2.83 bits per heavy atom. The summed E-state index contributed by atoms with van der Waals surface area (Å²) in [4.78, 5) is 10.6. The summed E-state index contributed by atoms with van der Waals surface area (Å²) >= 11 is 0. The molecule has 0 bridgehead atoms. The molecule has 0 aliphatic heterocycles. The molecule has 0 aromatic heterocycles. The summed E-state index contributed by atoms with van der Waals surface area (Å²) in [6, 6.07) is 3.73. The third kappa shape index (κ3) is 3.04. The van der Waals surface area contributed by atoms with Crippen LogP contribution < -0.4 is 4.74 Å². The summed E-state index contributed by atoms with van der Waals surface area (Å²) in [5.74, 6) is -0.219. The Bertz CT molecular complexity index is 425. The van der Waals surface area contributed by atoms with Gasteiger partial charge in [-0.15, -0.1) is 4.91 Å². The first-order valence-corrected chi connectivity index (χ1v) is 6.05. The fourth-order valence-electron chi connectivity index (χ4n) is 2.26. The Morgan fingerprint density at radius 1 is 1.33 bits per heavy atom. The first-order chi connectivity index (χ1) is 8.72. The predicted molar refractivity (Wildman–Crippen MR) is 65.5 cm³/mol. The lowest BCUT2D eigenvalue weighted by Crippen LogP contribution is -2.29. The zero-order valence-electron chi connectivity index (χ0n) is 10.3. The Morgan fingerprint density at radius 2 is 2.11 bits per heavy atom. The van der Waals surface area contributed by atoms with Crippen LogP contribution in [0.4, 0.5) is 10.1 Å². The zero-order chi connectivity index (χ0) is 13.0. The van der Waals surface area contributed by atoms with Crippen LogP contribution in [0.2, 0.25) is 0 Å². The van der Waals surface area contributed by atoms with Gasteiger partial charge in [-0.25, -0.2) is 4.39 Å². The first kappa shape index (κ1) is 13.0. The number of hydrogen-bond acceptors (Lipinski definition) is 4. The summed E-state index contributed by atoms with van der Waals surface area (Å²) in [7, 11) is 1.67. The quantitative estimate of drug-likeness (QED) is 0.771. The van der Waals surface area contributed by atoms with Crippen molar-refractivity contribution < 1.29 is 13.9 Å². The number of hydrogen-bond donors (Lipinski definition) is 0. The average molecular weight is 253 g/mol. The molecule has 5 heteroatoms. The van der Waals surface area contributed by atoms with Crippen molar-refractivity contribution in [3.05, 3.63) is 28.9 Å². The van der Waals surface area contributed by atoms with Crippen LogP contribution in [0, 0.1) is 10.7 Å². The van der Waals surface area contributed by atoms with Crippen molar-refractivity contribution in [1.82, 2.24) is 0 Å². The molecule has 0 saturated heterocycles. The van der Waals surface area contributed by atoms with Crippen molar-refractivity contribution in [3.8, 4) is 5.75 Å². The predicted octanol–water partition coefficient (Wildman–Crippen LogP) is 3.56. The smallest absolute Gasteiger partial charge is 0.151 e. The van der Waals surface area contributed by atoms with Gasteiger partial charge in [0.25, 0.3) is 0 Å². The van der Waals surface area contributed by atoms with E-state index in [0.717, 1.165) is 25.7 Å². The van der Waals surface area contributed by atoms with Gasteiger partial charge >= 0.3 is 0 Å². The molecule has 1 fully saturated rings. The number of halogens is 1. The highest BCUT2D eigenvalue weighted by molar-refractivity contribution is 5.51. The van der Waals surface area contributed by atoms with Crippen LogP contribution in [-0.2, 0) is 4.74 Å². The average Bonchev–Trinajstić information content (AvgIpc) is 2.39. The normalized spacial score (nSPS) is 23.7. The molecule has 1 aliphatic rings. The molecule has 0 N–H and O–H groups in total. The van der Waals surface area contributed by atoms with E-state index in [1.165, 1.54) is 18.2 Å². The highest BCUT2D eigenvalue weighted by atomic mass is 19.1. The number of methoxy groups -OCH3 is 1. The van der Waals surface area contributed by atoms with Gasteiger partial charge in [0.2, 0.25) is 0 Å². The number of rotatable bonds is 4. The van der Waals surface area contributed by atoms with E-state index >= 15 is 0 Å². The molecule has 1 aromatic rings. The van der Waals surface area contributed by atoms with E-state index in [1.807, 2.05) is 0 Å². The van der Waals surface area contributed by atoms with E-state index < -0.39 is 5.82 Å². The van der Waals surface area contributed by atoms with Gasteiger partial charge in [-0.2, -0.15) is 0 Å². The largest absolute Gasteiger partial charge is 0.488 e. The second-order valence-electron chi connectivity index (χ2n) is 4.47. The summed E-state index contributed by atoms with van der Waals surface area (Å²) in [6.07, 6.45) is 3.77. The van der Waals surface area contributed by atoms with Gasteiger partial charge in [0.15, 0.2) is 5.75 Å². The molecule has 0 unspecified atom stereocenters. The third-order valence-corrected chi connectivity index (χ3v) is 3.23. The maximum absolute atomic E-state index is 13.1. The number of benzene rings is 1. The lowest BCUT2D eigenvalue weighted by Gasteiger charge is -2.28. The van der Waals surface area contributed by atoms with Crippen molar-refractivity contribution in [3.63, 3.8) is 0 Å². The van der Waals surface area contributed by atoms with Crippen molar-refractivity contribution in [1.29, 1.82) is 0 Å². The van der Waals surface area contributed by atoms with Gasteiger partial charge in [-0.3, -0.25) is 0 Å². The van der Waals surface area contributed by atoms with Gasteiger partial charge in [-0.1, -0.05) is 0 Å². The highest BCUT2D eigenvalue weighted by Gasteiger charge is 2.24. The molecular formula is C13H16FNO3. The minimum Gasteiger partial charge on any atom is -0.488 e. The summed E-state index contributed by atoms with van der Waals surface area (Å²) < 4.78 is 24.1. The van der Waals surface area contributed by atoms with Crippen molar-refractivity contribution in [2.75, 3.05) is 7.11 Å². The fraction of sp³-hybridized carbons (Fsp3) is 0.538. The van der Waals surface area contributed by atoms with Crippen LogP contribution in [0.1, 0.15) is 25.7 Å². The second kappa shape index (κ2) is 5.91. The van der Waals surface area contributed by atoms with E-state index in [1.54, 1.807) is 7.11 Å². The van der Waals surface area contributed by atoms with E-state index in [-0.39, 0.29) is 23.6 Å². The molecule has 98 valence electrons. The fourth-order valence-corrected chi connectivity index (χ4v) is 2.26. The standard InChI is InChI=1S/C13H16FNO3/c1-17-10-3-2-4-11(8-10)18-13-7-9(14)5-6-12(13)15-16/h5-7,10-11H,2-4,8H2,1H3/t10-,11-/m1/s1. The van der Waals surface area contributed by atoms with Gasteiger partial charge in [0.1, 0.15) is 17.6 Å². The number of nitrogens with zero attached hydrogens (tertiary/aromatic N) is 1. The zero-order valence-corrected chi connectivity index (χ0v) is 10.3. The molecule has 1 aromatic carbocycles. The second-order valence-corrected chi connectivity index (χ2v) is 4.47. The molecule has 0 heterocycles. The summed E-state index contributed by atoms with van der Waals surface area (Å²) in [5, 5.41) is 2.84. The minimum atomic E-state index is -0.434. The van der Waals surface area contributed by atoms with E-state index in [0.29, 0.717) is 0 Å². The summed E-state index contributed by atoms with van der Waals surface area (Å²) in [6.45, 7) is 0. The van der Waals surface area contributed by atoms with Crippen LogP contribution in [0.3, 0.4) is 0 Å². The van der Waals surface area contributed by atoms with Gasteiger partial charge in [0.05, 0.1) is 6.10 Å². The molecule has 4 nitrogen and oxygen atoms in total. The molecule has 0 amide bonds. The Balaban J connectivity index is 2.08. The van der Waals surface area contributed by atoms with Crippen molar-refractivity contribution >= 4 is 5.69 Å². The van der Waals surface area contributed by atoms with E-state index in [9.17, 15) is 9.30 Å². The molecule has 18 heavy (non-hydrogen) atoms. The number of ether oxygens (including phenoxy) is 2. The van der Waals surface area contributed by atoms with Crippen LogP contribution in [-0.4, -0.2) is 19.3 Å². The van der Waals surface area contributed by atoms with E-state index in [4.69, 9.17) is 9.47 Å². The maximum atomic E-state index is 13.1. The van der Waals surface area contributed by atoms with Crippen LogP contribution in [0.15, 0.2) is 23.4 Å². The van der Waals surface area contributed by atoms with Crippen LogP contribution in [0.25, 0.3) is 0 Å². The molecule has 1 saturated carbocycles. The van der Waals surface area contributed by atoms with Crippen molar-refractivity contribution in [2.24, 2.45) is 5.18 Å². The molecule has 0 spiro atoms. The Kier molecular flexibility index (Phi) is 4.25. The highest BCUT2D eigenvalue weighted by Crippen LogP contribution is 2.32. The monoisotopic (exact) mass is 253 g/mol. The molecule has 1 aliphatic carbocycles. The Labute approximate surface area is 105 Å². The number of nitroso groups, excluding NO2 is 1. The topological polar surface area (TPSA) is 47.9 Å².